The second kappa shape index (κ2) is 6.71. The minimum Gasteiger partial charge on any atom is -0.366 e. The molecule has 0 unspecified atom stereocenters. The van der Waals surface area contributed by atoms with Gasteiger partial charge in [0.2, 0.25) is 5.91 Å². The standard InChI is InChI=1S/C16H24N2O/c1-12-10-14(16(17)19)6-7-15(12)11-18-9-8-13-4-2-3-5-13/h6-7,10,13,18H,2-5,8-9,11H2,1H3,(H2,17,19). The first-order chi connectivity index (χ1) is 9.16. The molecule has 1 aromatic carbocycles. The van der Waals surface area contributed by atoms with Gasteiger partial charge in [0, 0.05) is 12.1 Å². The third-order valence-electron chi connectivity index (χ3n) is 4.15. The third kappa shape index (κ3) is 4.06. The number of carbonyl (C=O) groups excluding carboxylic acids is 1. The van der Waals surface area contributed by atoms with Crippen molar-refractivity contribution in [3.8, 4) is 0 Å². The average molecular weight is 260 g/mol. The summed E-state index contributed by atoms with van der Waals surface area (Å²) in [6.07, 6.45) is 6.94. The van der Waals surface area contributed by atoms with Crippen molar-refractivity contribution in [3.05, 3.63) is 34.9 Å². The first-order valence-electron chi connectivity index (χ1n) is 7.27. The second-order valence-corrected chi connectivity index (χ2v) is 5.62. The van der Waals surface area contributed by atoms with Crippen molar-refractivity contribution in [2.75, 3.05) is 6.54 Å². The Hall–Kier alpha value is -1.35. The van der Waals surface area contributed by atoms with Crippen LogP contribution in [-0.4, -0.2) is 12.5 Å². The van der Waals surface area contributed by atoms with E-state index < -0.39 is 0 Å². The predicted molar refractivity (Wildman–Crippen MR) is 78.0 cm³/mol. The van der Waals surface area contributed by atoms with E-state index in [1.807, 2.05) is 25.1 Å². The summed E-state index contributed by atoms with van der Waals surface area (Å²) in [5.74, 6) is 0.578. The van der Waals surface area contributed by atoms with Crippen molar-refractivity contribution >= 4 is 5.91 Å². The Morgan fingerprint density at radius 1 is 1.37 bits per heavy atom. The number of hydrogen-bond donors (Lipinski definition) is 2. The molecule has 19 heavy (non-hydrogen) atoms. The van der Waals surface area contributed by atoms with Gasteiger partial charge in [0.05, 0.1) is 0 Å². The van der Waals surface area contributed by atoms with Crippen molar-refractivity contribution in [1.29, 1.82) is 0 Å². The monoisotopic (exact) mass is 260 g/mol. The van der Waals surface area contributed by atoms with Crippen LogP contribution >= 0.6 is 0 Å². The molecule has 0 aromatic heterocycles. The zero-order valence-corrected chi connectivity index (χ0v) is 11.7. The number of nitrogens with one attached hydrogen (secondary N) is 1. The minimum absolute atomic E-state index is 0.358. The molecule has 0 atom stereocenters. The Bertz CT molecular complexity index is 436. The third-order valence-corrected chi connectivity index (χ3v) is 4.15. The van der Waals surface area contributed by atoms with E-state index >= 15 is 0 Å². The minimum atomic E-state index is -0.358. The van der Waals surface area contributed by atoms with E-state index in [1.165, 1.54) is 37.7 Å². The zero-order chi connectivity index (χ0) is 13.7. The summed E-state index contributed by atoms with van der Waals surface area (Å²) in [6.45, 7) is 3.99. The first kappa shape index (κ1) is 14.1. The summed E-state index contributed by atoms with van der Waals surface area (Å²) in [5, 5.41) is 3.50. The van der Waals surface area contributed by atoms with Gasteiger partial charge >= 0.3 is 0 Å². The zero-order valence-electron chi connectivity index (χ0n) is 11.7. The van der Waals surface area contributed by atoms with Crippen molar-refractivity contribution in [1.82, 2.24) is 5.32 Å². The Balaban J connectivity index is 1.77. The van der Waals surface area contributed by atoms with Gasteiger partial charge in [-0.2, -0.15) is 0 Å². The highest BCUT2D eigenvalue weighted by molar-refractivity contribution is 5.93. The molecule has 1 aromatic rings. The molecule has 3 N–H and O–H groups in total. The molecule has 1 saturated carbocycles. The van der Waals surface area contributed by atoms with Crippen LogP contribution in [0.2, 0.25) is 0 Å². The maximum atomic E-state index is 11.1. The van der Waals surface area contributed by atoms with Crippen LogP contribution in [0.25, 0.3) is 0 Å². The summed E-state index contributed by atoms with van der Waals surface area (Å²) in [7, 11) is 0. The molecule has 1 fully saturated rings. The van der Waals surface area contributed by atoms with Crippen LogP contribution < -0.4 is 11.1 Å². The van der Waals surface area contributed by atoms with Gasteiger partial charge < -0.3 is 11.1 Å². The van der Waals surface area contributed by atoms with Crippen molar-refractivity contribution in [2.45, 2.75) is 45.6 Å². The molecule has 1 amide bonds. The topological polar surface area (TPSA) is 55.1 Å². The Kier molecular flexibility index (Phi) is 4.97. The number of nitrogens with two attached hydrogens (primary N) is 1. The van der Waals surface area contributed by atoms with E-state index in [-0.39, 0.29) is 5.91 Å². The highest BCUT2D eigenvalue weighted by atomic mass is 16.1. The lowest BCUT2D eigenvalue weighted by Gasteiger charge is -2.11. The van der Waals surface area contributed by atoms with E-state index in [9.17, 15) is 4.79 Å². The van der Waals surface area contributed by atoms with E-state index in [1.54, 1.807) is 0 Å². The molecule has 0 aliphatic heterocycles. The fourth-order valence-corrected chi connectivity index (χ4v) is 2.88. The fourth-order valence-electron chi connectivity index (χ4n) is 2.88. The van der Waals surface area contributed by atoms with Crippen LogP contribution in [0.3, 0.4) is 0 Å². The number of carbonyl (C=O) groups is 1. The van der Waals surface area contributed by atoms with Crippen LogP contribution in [0, 0.1) is 12.8 Å². The van der Waals surface area contributed by atoms with Crippen LogP contribution in [0.1, 0.15) is 53.6 Å². The van der Waals surface area contributed by atoms with Gasteiger partial charge in [-0.25, -0.2) is 0 Å². The molecule has 3 nitrogen and oxygen atoms in total. The first-order valence-corrected chi connectivity index (χ1v) is 7.27. The normalized spacial score (nSPS) is 15.8. The number of hydrogen-bond acceptors (Lipinski definition) is 2. The Morgan fingerprint density at radius 3 is 2.74 bits per heavy atom. The SMILES string of the molecule is Cc1cc(C(N)=O)ccc1CNCCC1CCCC1. The summed E-state index contributed by atoms with van der Waals surface area (Å²) in [6, 6.07) is 5.68. The number of primary amides is 1. The lowest BCUT2D eigenvalue weighted by Crippen LogP contribution is -2.18. The quantitative estimate of drug-likeness (QED) is 0.773. The van der Waals surface area contributed by atoms with Crippen molar-refractivity contribution in [3.63, 3.8) is 0 Å². The average Bonchev–Trinajstić information content (AvgIpc) is 2.89. The van der Waals surface area contributed by atoms with Crippen molar-refractivity contribution < 1.29 is 4.79 Å². The maximum Gasteiger partial charge on any atom is 0.248 e. The molecule has 104 valence electrons. The van der Waals surface area contributed by atoms with E-state index in [4.69, 9.17) is 5.73 Å². The Morgan fingerprint density at radius 2 is 2.11 bits per heavy atom. The fraction of sp³-hybridized carbons (Fsp3) is 0.562. The van der Waals surface area contributed by atoms with Crippen LogP contribution in [0.5, 0.6) is 0 Å². The highest BCUT2D eigenvalue weighted by Crippen LogP contribution is 2.26. The number of rotatable bonds is 6. The van der Waals surface area contributed by atoms with Gasteiger partial charge in [-0.15, -0.1) is 0 Å². The molecule has 0 heterocycles. The van der Waals surface area contributed by atoms with Gasteiger partial charge in [-0.3, -0.25) is 4.79 Å². The molecule has 0 radical (unpaired) electrons. The van der Waals surface area contributed by atoms with Gasteiger partial charge in [0.25, 0.3) is 0 Å². The smallest absolute Gasteiger partial charge is 0.248 e. The van der Waals surface area contributed by atoms with Crippen LogP contribution in [0.15, 0.2) is 18.2 Å². The lowest BCUT2D eigenvalue weighted by molar-refractivity contribution is 0.1000. The van der Waals surface area contributed by atoms with Crippen molar-refractivity contribution in [2.24, 2.45) is 11.7 Å². The molecule has 2 rings (SSSR count). The Labute approximate surface area is 115 Å². The van der Waals surface area contributed by atoms with Gasteiger partial charge in [-0.1, -0.05) is 31.7 Å². The predicted octanol–water partition coefficient (Wildman–Crippen LogP) is 2.76. The van der Waals surface area contributed by atoms with E-state index in [0.717, 1.165) is 24.6 Å². The van der Waals surface area contributed by atoms with Crippen LogP contribution in [-0.2, 0) is 6.54 Å². The molecule has 0 bridgehead atoms. The van der Waals surface area contributed by atoms with E-state index in [0.29, 0.717) is 5.56 Å². The molecule has 3 heteroatoms. The maximum absolute atomic E-state index is 11.1. The molecule has 1 aliphatic carbocycles. The molecule has 1 aliphatic rings. The molecule has 0 saturated heterocycles. The largest absolute Gasteiger partial charge is 0.366 e. The van der Waals surface area contributed by atoms with Gasteiger partial charge in [0.1, 0.15) is 0 Å². The summed E-state index contributed by atoms with van der Waals surface area (Å²) in [4.78, 5) is 11.1. The molecular weight excluding hydrogens is 236 g/mol. The lowest BCUT2D eigenvalue weighted by atomic mass is 10.0. The van der Waals surface area contributed by atoms with Gasteiger partial charge in [0.15, 0.2) is 0 Å². The molecular formula is C16H24N2O. The molecule has 0 spiro atoms. The van der Waals surface area contributed by atoms with Crippen LogP contribution in [0.4, 0.5) is 0 Å². The number of amides is 1. The summed E-state index contributed by atoms with van der Waals surface area (Å²) in [5.41, 5.74) is 8.24. The van der Waals surface area contributed by atoms with Gasteiger partial charge in [-0.05, 0) is 49.1 Å². The summed E-state index contributed by atoms with van der Waals surface area (Å²) < 4.78 is 0. The second-order valence-electron chi connectivity index (χ2n) is 5.62. The van der Waals surface area contributed by atoms with E-state index in [2.05, 4.69) is 5.32 Å². The number of aryl methyl sites for hydroxylation is 1. The number of benzene rings is 1. The summed E-state index contributed by atoms with van der Waals surface area (Å²) >= 11 is 0. The highest BCUT2D eigenvalue weighted by Gasteiger charge is 2.13.